The summed E-state index contributed by atoms with van der Waals surface area (Å²) in [6.45, 7) is 3.95. The van der Waals surface area contributed by atoms with Crippen molar-refractivity contribution in [3.63, 3.8) is 0 Å². The fourth-order valence-electron chi connectivity index (χ4n) is 3.33. The van der Waals surface area contributed by atoms with E-state index in [9.17, 15) is 9.59 Å². The van der Waals surface area contributed by atoms with Crippen molar-refractivity contribution in [3.8, 4) is 0 Å². The molecule has 0 spiro atoms. The molecule has 0 bridgehead atoms. The van der Waals surface area contributed by atoms with Crippen LogP contribution in [0, 0.1) is 0 Å². The number of thioether (sulfide) groups is 1. The van der Waals surface area contributed by atoms with Crippen LogP contribution >= 0.6 is 23.4 Å². The SMILES string of the molecule is CC(Sc1nc2cc(Cl)ccc2c(=O)n1Cc1ccco1)C(=O)NC(C)c1ccccc1. The minimum atomic E-state index is -0.479. The number of fused-ring (bicyclic) bond motifs is 1. The Hall–Kier alpha value is -3.03. The van der Waals surface area contributed by atoms with Gasteiger partial charge in [-0.3, -0.25) is 14.2 Å². The number of hydrogen-bond donors (Lipinski definition) is 1. The molecule has 0 aliphatic heterocycles. The molecular weight excluding hydrogens is 446 g/mol. The molecule has 1 amide bonds. The van der Waals surface area contributed by atoms with Gasteiger partial charge in [0.25, 0.3) is 5.56 Å². The van der Waals surface area contributed by atoms with Crippen LogP contribution in [-0.2, 0) is 11.3 Å². The molecule has 32 heavy (non-hydrogen) atoms. The summed E-state index contributed by atoms with van der Waals surface area (Å²) in [5.41, 5.74) is 1.30. The quantitative estimate of drug-likeness (QED) is 0.304. The lowest BCUT2D eigenvalue weighted by Crippen LogP contribution is -2.34. The molecule has 0 fully saturated rings. The third-order valence-electron chi connectivity index (χ3n) is 5.09. The highest BCUT2D eigenvalue weighted by Crippen LogP contribution is 2.25. The van der Waals surface area contributed by atoms with Gasteiger partial charge < -0.3 is 9.73 Å². The van der Waals surface area contributed by atoms with Gasteiger partial charge in [0.15, 0.2) is 5.16 Å². The second-order valence-electron chi connectivity index (χ2n) is 7.43. The Bertz CT molecular complexity index is 1290. The molecule has 6 nitrogen and oxygen atoms in total. The van der Waals surface area contributed by atoms with Crippen molar-refractivity contribution < 1.29 is 9.21 Å². The number of nitrogens with zero attached hydrogens (tertiary/aromatic N) is 2. The molecule has 0 saturated carbocycles. The molecule has 2 aromatic heterocycles. The summed E-state index contributed by atoms with van der Waals surface area (Å²) < 4.78 is 6.97. The van der Waals surface area contributed by atoms with Crippen LogP contribution < -0.4 is 10.9 Å². The van der Waals surface area contributed by atoms with Gasteiger partial charge in [-0.25, -0.2) is 4.98 Å². The first-order valence-electron chi connectivity index (χ1n) is 10.2. The van der Waals surface area contributed by atoms with E-state index in [4.69, 9.17) is 16.0 Å². The summed E-state index contributed by atoms with van der Waals surface area (Å²) >= 11 is 7.34. The second-order valence-corrected chi connectivity index (χ2v) is 9.17. The Morgan fingerprint density at radius 3 is 2.66 bits per heavy atom. The standard InChI is InChI=1S/C24H22ClN3O3S/c1-15(17-7-4-3-5-8-17)26-22(29)16(2)32-24-27-21-13-18(25)10-11-20(21)23(30)28(24)14-19-9-6-12-31-19/h3-13,15-16H,14H2,1-2H3,(H,26,29). The number of carbonyl (C=O) groups is 1. The molecule has 164 valence electrons. The number of halogens is 1. The average molecular weight is 468 g/mol. The van der Waals surface area contributed by atoms with Crippen LogP contribution in [0.25, 0.3) is 10.9 Å². The summed E-state index contributed by atoms with van der Waals surface area (Å²) in [5.74, 6) is 0.482. The van der Waals surface area contributed by atoms with E-state index in [1.54, 1.807) is 43.5 Å². The molecule has 4 aromatic rings. The van der Waals surface area contributed by atoms with Crippen LogP contribution in [0.5, 0.6) is 0 Å². The predicted molar refractivity (Wildman–Crippen MR) is 127 cm³/mol. The van der Waals surface area contributed by atoms with Crippen LogP contribution in [0.15, 0.2) is 81.3 Å². The maximum absolute atomic E-state index is 13.2. The van der Waals surface area contributed by atoms with E-state index in [0.29, 0.717) is 26.8 Å². The van der Waals surface area contributed by atoms with Crippen LogP contribution in [0.3, 0.4) is 0 Å². The lowest BCUT2D eigenvalue weighted by atomic mass is 10.1. The Balaban J connectivity index is 1.63. The van der Waals surface area contributed by atoms with Crippen molar-refractivity contribution in [2.45, 2.75) is 36.8 Å². The summed E-state index contributed by atoms with van der Waals surface area (Å²) in [6, 6.07) is 18.2. The van der Waals surface area contributed by atoms with Gasteiger partial charge in [0.05, 0.1) is 35.0 Å². The molecule has 0 aliphatic carbocycles. The number of rotatable bonds is 7. The molecule has 2 heterocycles. The van der Waals surface area contributed by atoms with Crippen molar-refractivity contribution in [1.29, 1.82) is 0 Å². The molecule has 2 aromatic carbocycles. The lowest BCUT2D eigenvalue weighted by molar-refractivity contribution is -0.120. The van der Waals surface area contributed by atoms with E-state index in [0.717, 1.165) is 5.56 Å². The van der Waals surface area contributed by atoms with E-state index in [1.165, 1.54) is 16.3 Å². The van der Waals surface area contributed by atoms with Gasteiger partial charge in [-0.15, -0.1) is 0 Å². The van der Waals surface area contributed by atoms with Gasteiger partial charge in [0.1, 0.15) is 5.76 Å². The molecule has 8 heteroatoms. The van der Waals surface area contributed by atoms with Gasteiger partial charge in [-0.2, -0.15) is 0 Å². The maximum Gasteiger partial charge on any atom is 0.262 e. The van der Waals surface area contributed by atoms with Crippen LogP contribution in [0.4, 0.5) is 0 Å². The van der Waals surface area contributed by atoms with E-state index in [-0.39, 0.29) is 24.1 Å². The number of benzene rings is 2. The van der Waals surface area contributed by atoms with Gasteiger partial charge >= 0.3 is 0 Å². The average Bonchev–Trinajstić information content (AvgIpc) is 3.30. The third kappa shape index (κ3) is 4.89. The predicted octanol–water partition coefficient (Wildman–Crippen LogP) is 5.05. The Labute approximate surface area is 194 Å². The minimum absolute atomic E-state index is 0.138. The second kappa shape index (κ2) is 9.63. The molecule has 1 N–H and O–H groups in total. The topological polar surface area (TPSA) is 77.1 Å². The molecule has 2 atom stereocenters. The van der Waals surface area contributed by atoms with Crippen molar-refractivity contribution in [2.24, 2.45) is 0 Å². The lowest BCUT2D eigenvalue weighted by Gasteiger charge is -2.19. The maximum atomic E-state index is 13.2. The van der Waals surface area contributed by atoms with Crippen molar-refractivity contribution in [3.05, 3.63) is 93.6 Å². The first-order chi connectivity index (χ1) is 15.4. The van der Waals surface area contributed by atoms with Crippen molar-refractivity contribution in [1.82, 2.24) is 14.9 Å². The van der Waals surface area contributed by atoms with Crippen LogP contribution in [0.1, 0.15) is 31.2 Å². The van der Waals surface area contributed by atoms with E-state index >= 15 is 0 Å². The molecular formula is C24H22ClN3O3S. The summed E-state index contributed by atoms with van der Waals surface area (Å²) in [5, 5.41) is 3.93. The first kappa shape index (κ1) is 22.2. The van der Waals surface area contributed by atoms with E-state index in [2.05, 4.69) is 10.3 Å². The number of nitrogens with one attached hydrogen (secondary N) is 1. The fraction of sp³-hybridized carbons (Fsp3) is 0.208. The Morgan fingerprint density at radius 2 is 1.94 bits per heavy atom. The van der Waals surface area contributed by atoms with Gasteiger partial charge in [-0.1, -0.05) is 53.7 Å². The zero-order valence-corrected chi connectivity index (χ0v) is 19.2. The highest BCUT2D eigenvalue weighted by Gasteiger charge is 2.21. The summed E-state index contributed by atoms with van der Waals surface area (Å²) in [7, 11) is 0. The molecule has 4 rings (SSSR count). The highest BCUT2D eigenvalue weighted by molar-refractivity contribution is 8.00. The monoisotopic (exact) mass is 467 g/mol. The number of hydrogen-bond acceptors (Lipinski definition) is 5. The zero-order valence-electron chi connectivity index (χ0n) is 17.6. The number of amides is 1. The first-order valence-corrected chi connectivity index (χ1v) is 11.4. The Morgan fingerprint density at radius 1 is 1.16 bits per heavy atom. The number of furan rings is 1. The summed E-state index contributed by atoms with van der Waals surface area (Å²) in [6.07, 6.45) is 1.56. The normalized spacial score (nSPS) is 13.1. The molecule has 0 radical (unpaired) electrons. The number of carbonyl (C=O) groups excluding carboxylic acids is 1. The van der Waals surface area contributed by atoms with Crippen molar-refractivity contribution in [2.75, 3.05) is 0 Å². The van der Waals surface area contributed by atoms with Crippen molar-refractivity contribution >= 4 is 40.2 Å². The molecule has 0 aliphatic rings. The zero-order chi connectivity index (χ0) is 22.7. The van der Waals surface area contributed by atoms with Gasteiger partial charge in [0, 0.05) is 5.02 Å². The van der Waals surface area contributed by atoms with Crippen LogP contribution in [-0.4, -0.2) is 20.7 Å². The van der Waals surface area contributed by atoms with E-state index < -0.39 is 5.25 Å². The van der Waals surface area contributed by atoms with Gasteiger partial charge in [0.2, 0.25) is 5.91 Å². The Kier molecular flexibility index (Phi) is 6.67. The fourth-order valence-corrected chi connectivity index (χ4v) is 4.41. The van der Waals surface area contributed by atoms with Crippen LogP contribution in [0.2, 0.25) is 5.02 Å². The third-order valence-corrected chi connectivity index (χ3v) is 6.41. The minimum Gasteiger partial charge on any atom is -0.467 e. The highest BCUT2D eigenvalue weighted by atomic mass is 35.5. The van der Waals surface area contributed by atoms with E-state index in [1.807, 2.05) is 37.3 Å². The summed E-state index contributed by atoms with van der Waals surface area (Å²) in [4.78, 5) is 30.8. The largest absolute Gasteiger partial charge is 0.467 e. The molecule has 0 saturated heterocycles. The number of aromatic nitrogens is 2. The molecule has 2 unspecified atom stereocenters. The smallest absolute Gasteiger partial charge is 0.262 e. The van der Waals surface area contributed by atoms with Gasteiger partial charge in [-0.05, 0) is 49.7 Å².